The summed E-state index contributed by atoms with van der Waals surface area (Å²) in [5.41, 5.74) is 5.36. The smallest absolute Gasteiger partial charge is 0.182 e. The molecule has 4 aliphatic carbocycles. The van der Waals surface area contributed by atoms with E-state index in [2.05, 4.69) is 15.0 Å². The molecule has 9 nitrogen and oxygen atoms in total. The quantitative estimate of drug-likeness (QED) is 0.579. The van der Waals surface area contributed by atoms with E-state index in [4.69, 9.17) is 10.5 Å². The first kappa shape index (κ1) is 18.0. The van der Waals surface area contributed by atoms with E-state index in [0.717, 1.165) is 19.3 Å². The van der Waals surface area contributed by atoms with Crippen LogP contribution in [-0.2, 0) is 10.5 Å². The summed E-state index contributed by atoms with van der Waals surface area (Å²) in [5.74, 6) is 2.08. The summed E-state index contributed by atoms with van der Waals surface area (Å²) in [6.07, 6.45) is 6.22. The molecule has 29 heavy (non-hydrogen) atoms. The van der Waals surface area contributed by atoms with Crippen LogP contribution in [0.3, 0.4) is 0 Å². The van der Waals surface area contributed by atoms with Crippen LogP contribution >= 0.6 is 0 Å². The molecule has 5 aliphatic rings. The van der Waals surface area contributed by atoms with Gasteiger partial charge in [0.15, 0.2) is 17.2 Å². The molecule has 1 saturated heterocycles. The third-order valence-corrected chi connectivity index (χ3v) is 8.13. The van der Waals surface area contributed by atoms with Crippen molar-refractivity contribution in [3.8, 4) is 0 Å². The number of imidazole rings is 1. The van der Waals surface area contributed by atoms with Crippen molar-refractivity contribution in [3.63, 3.8) is 0 Å². The molecule has 4 saturated carbocycles. The van der Waals surface area contributed by atoms with Crippen molar-refractivity contribution in [2.45, 2.75) is 62.6 Å². The molecular weight excluding hydrogens is 374 g/mol. The highest BCUT2D eigenvalue weighted by atomic mass is 16.6. The molecule has 0 unspecified atom stereocenters. The molecule has 9 heteroatoms. The molecule has 0 aromatic carbocycles. The number of aliphatic hydroxyl groups excluding tert-OH is 3. The second kappa shape index (κ2) is 5.87. The number of nitrogen functional groups attached to an aromatic ring is 1. The van der Waals surface area contributed by atoms with Gasteiger partial charge in [0.05, 0.1) is 12.9 Å². The fourth-order valence-electron chi connectivity index (χ4n) is 7.49. The van der Waals surface area contributed by atoms with Gasteiger partial charge in [-0.2, -0.15) is 0 Å². The zero-order valence-electron chi connectivity index (χ0n) is 16.2. The van der Waals surface area contributed by atoms with Gasteiger partial charge in [0.2, 0.25) is 0 Å². The van der Waals surface area contributed by atoms with Gasteiger partial charge < -0.3 is 25.8 Å². The molecule has 156 valence electrons. The van der Waals surface area contributed by atoms with Crippen LogP contribution in [0.25, 0.3) is 11.2 Å². The van der Waals surface area contributed by atoms with E-state index in [0.29, 0.717) is 28.9 Å². The summed E-state index contributed by atoms with van der Waals surface area (Å²) < 4.78 is 8.25. The normalized spacial score (nSPS) is 46.0. The maximum atomic E-state index is 11.5. The summed E-state index contributed by atoms with van der Waals surface area (Å²) in [7, 11) is 0. The number of rotatable bonds is 3. The standard InChI is InChI=1S/C20H27N5O4/c21-17-14-18(23-8-22-17)25(9-24-14)20(16(28)15(27)13(7-26)29-20)19-4-10-1-11(5-19)3-12(2-10)6-19/h8-13,15-16,26-28H,1-7H2,(H2,21,22,23)/t10?,11?,12?,13-,15-,16-,19?,20+/m1/s1. The lowest BCUT2D eigenvalue weighted by Crippen LogP contribution is -2.63. The molecular formula is C20H27N5O4. The first-order valence-corrected chi connectivity index (χ1v) is 10.6. The van der Waals surface area contributed by atoms with E-state index >= 15 is 0 Å². The topological polar surface area (TPSA) is 140 Å². The Morgan fingerprint density at radius 1 is 1.07 bits per heavy atom. The molecule has 4 atom stereocenters. The zero-order chi connectivity index (χ0) is 20.0. The lowest BCUT2D eigenvalue weighted by atomic mass is 9.46. The van der Waals surface area contributed by atoms with Crippen LogP contribution in [0.4, 0.5) is 5.82 Å². The zero-order valence-corrected chi connectivity index (χ0v) is 16.2. The molecule has 5 N–H and O–H groups in total. The van der Waals surface area contributed by atoms with Crippen molar-refractivity contribution < 1.29 is 20.1 Å². The van der Waals surface area contributed by atoms with Crippen molar-refractivity contribution in [2.24, 2.45) is 23.2 Å². The molecule has 0 amide bonds. The maximum absolute atomic E-state index is 11.5. The van der Waals surface area contributed by atoms with Gasteiger partial charge in [0.1, 0.15) is 30.2 Å². The Hall–Kier alpha value is -1.81. The molecule has 0 spiro atoms. The molecule has 0 radical (unpaired) electrons. The second-order valence-corrected chi connectivity index (χ2v) is 9.71. The van der Waals surface area contributed by atoms with E-state index in [9.17, 15) is 15.3 Å². The van der Waals surface area contributed by atoms with Gasteiger partial charge in [-0.05, 0) is 56.3 Å². The fraction of sp³-hybridized carbons (Fsp3) is 0.750. The lowest BCUT2D eigenvalue weighted by molar-refractivity contribution is -0.267. The minimum atomic E-state index is -1.24. The molecule has 3 heterocycles. The maximum Gasteiger partial charge on any atom is 0.182 e. The average molecular weight is 401 g/mol. The van der Waals surface area contributed by atoms with Gasteiger partial charge in [-0.15, -0.1) is 0 Å². The molecule has 5 fully saturated rings. The predicted molar refractivity (Wildman–Crippen MR) is 102 cm³/mol. The lowest BCUT2D eigenvalue weighted by Gasteiger charge is -2.63. The number of aromatic nitrogens is 4. The van der Waals surface area contributed by atoms with Crippen molar-refractivity contribution in [3.05, 3.63) is 12.7 Å². The van der Waals surface area contributed by atoms with E-state index in [-0.39, 0.29) is 17.8 Å². The van der Waals surface area contributed by atoms with E-state index in [1.807, 2.05) is 0 Å². The molecule has 1 aliphatic heterocycles. The van der Waals surface area contributed by atoms with Gasteiger partial charge in [0.25, 0.3) is 0 Å². The number of aliphatic hydroxyl groups is 3. The van der Waals surface area contributed by atoms with E-state index in [1.165, 1.54) is 25.6 Å². The highest BCUT2D eigenvalue weighted by Crippen LogP contribution is 2.68. The number of hydrogen-bond acceptors (Lipinski definition) is 8. The summed E-state index contributed by atoms with van der Waals surface area (Å²) in [6.45, 7) is -0.365. The average Bonchev–Trinajstić information content (AvgIpc) is 3.23. The predicted octanol–water partition coefficient (Wildman–Crippen LogP) is 0.391. The Kier molecular flexibility index (Phi) is 3.65. The van der Waals surface area contributed by atoms with Crippen LogP contribution in [0.5, 0.6) is 0 Å². The second-order valence-electron chi connectivity index (χ2n) is 9.71. The Balaban J connectivity index is 1.60. The monoisotopic (exact) mass is 401 g/mol. The third kappa shape index (κ3) is 2.16. The first-order chi connectivity index (χ1) is 14.0. The minimum absolute atomic E-state index is 0.265. The van der Waals surface area contributed by atoms with Crippen molar-refractivity contribution >= 4 is 17.0 Å². The van der Waals surface area contributed by atoms with Crippen molar-refractivity contribution in [2.75, 3.05) is 12.3 Å². The van der Waals surface area contributed by atoms with E-state index < -0.39 is 24.0 Å². The van der Waals surface area contributed by atoms with Gasteiger partial charge in [0, 0.05) is 5.41 Å². The Morgan fingerprint density at radius 2 is 1.72 bits per heavy atom. The van der Waals surface area contributed by atoms with Crippen LogP contribution in [-0.4, -0.2) is 59.8 Å². The molecule has 4 bridgehead atoms. The van der Waals surface area contributed by atoms with Crippen LogP contribution in [0.2, 0.25) is 0 Å². The number of nitrogens with zero attached hydrogens (tertiary/aromatic N) is 4. The highest BCUT2D eigenvalue weighted by Gasteiger charge is 2.70. The minimum Gasteiger partial charge on any atom is -0.394 e. The third-order valence-electron chi connectivity index (χ3n) is 8.13. The van der Waals surface area contributed by atoms with Gasteiger partial charge in [-0.1, -0.05) is 0 Å². The van der Waals surface area contributed by atoms with Crippen molar-refractivity contribution in [1.29, 1.82) is 0 Å². The Labute approximate surface area is 167 Å². The number of hydrogen-bond donors (Lipinski definition) is 4. The SMILES string of the molecule is Nc1ncnc2c1ncn2[C@]1(C23CC4CC(CC(C4)C2)C3)O[C@H](CO)[C@@H](O)[C@H]1O. The van der Waals surface area contributed by atoms with Gasteiger partial charge >= 0.3 is 0 Å². The van der Waals surface area contributed by atoms with Gasteiger partial charge in [-0.25, -0.2) is 15.0 Å². The number of anilines is 1. The first-order valence-electron chi connectivity index (χ1n) is 10.6. The highest BCUT2D eigenvalue weighted by molar-refractivity contribution is 5.81. The van der Waals surface area contributed by atoms with Crippen LogP contribution in [0.15, 0.2) is 12.7 Å². The van der Waals surface area contributed by atoms with Gasteiger partial charge in [-0.3, -0.25) is 4.57 Å². The van der Waals surface area contributed by atoms with E-state index in [1.54, 1.807) is 10.9 Å². The number of ether oxygens (including phenoxy) is 1. The molecule has 7 rings (SSSR count). The Morgan fingerprint density at radius 3 is 2.31 bits per heavy atom. The van der Waals surface area contributed by atoms with Crippen LogP contribution < -0.4 is 5.73 Å². The number of nitrogens with two attached hydrogens (primary N) is 1. The summed E-state index contributed by atoms with van der Waals surface area (Å²) in [6, 6.07) is 0. The fourth-order valence-corrected chi connectivity index (χ4v) is 7.49. The summed E-state index contributed by atoms with van der Waals surface area (Å²) >= 11 is 0. The number of fused-ring (bicyclic) bond motifs is 1. The van der Waals surface area contributed by atoms with Crippen molar-refractivity contribution in [1.82, 2.24) is 19.5 Å². The van der Waals surface area contributed by atoms with Crippen LogP contribution in [0, 0.1) is 23.2 Å². The summed E-state index contributed by atoms with van der Waals surface area (Å²) in [4.78, 5) is 12.9. The Bertz CT molecular complexity index is 928. The molecule has 2 aromatic heterocycles. The molecule has 2 aromatic rings. The van der Waals surface area contributed by atoms with Crippen LogP contribution in [0.1, 0.15) is 38.5 Å². The summed E-state index contributed by atoms with van der Waals surface area (Å²) in [5, 5.41) is 32.1. The largest absolute Gasteiger partial charge is 0.394 e.